The summed E-state index contributed by atoms with van der Waals surface area (Å²) in [6.45, 7) is 11.2. The van der Waals surface area contributed by atoms with E-state index in [1.54, 1.807) is 0 Å². The number of hydrogen-bond donors (Lipinski definition) is 1. The Morgan fingerprint density at radius 1 is 1.45 bits per heavy atom. The molecule has 0 amide bonds. The Balaban J connectivity index is 0.000000461. The largest absolute Gasteiger partial charge is 0.373 e. The number of hydrogen-bond acceptors (Lipinski definition) is 2. The van der Waals surface area contributed by atoms with Gasteiger partial charge in [-0.05, 0) is 13.3 Å². The summed E-state index contributed by atoms with van der Waals surface area (Å²) in [7, 11) is 0. The molecule has 1 fully saturated rings. The molecule has 0 aliphatic carbocycles. The molecule has 1 rings (SSSR count). The fourth-order valence-electron chi connectivity index (χ4n) is 1.00. The normalized spacial score (nSPS) is 30.5. The predicted molar refractivity (Wildman–Crippen MR) is 48.9 cm³/mol. The molecule has 1 aliphatic rings. The molecule has 0 aromatic heterocycles. The Kier molecular flexibility index (Phi) is 5.51. The van der Waals surface area contributed by atoms with Gasteiger partial charge in [0.15, 0.2) is 0 Å². The van der Waals surface area contributed by atoms with Gasteiger partial charge in [0.25, 0.3) is 0 Å². The second kappa shape index (κ2) is 5.56. The molecule has 1 heterocycles. The SMILES string of the molecule is CC.CCC1(C)CNCCO1. The lowest BCUT2D eigenvalue weighted by atomic mass is 10.0. The molecule has 1 N–H and O–H groups in total. The molecule has 1 unspecified atom stereocenters. The third-order valence-electron chi connectivity index (χ3n) is 1.98. The van der Waals surface area contributed by atoms with Crippen LogP contribution in [0.5, 0.6) is 0 Å². The fraction of sp³-hybridized carbons (Fsp3) is 1.00. The molecule has 0 aromatic carbocycles. The maximum Gasteiger partial charge on any atom is 0.0776 e. The summed E-state index contributed by atoms with van der Waals surface area (Å²) in [6, 6.07) is 0. The highest BCUT2D eigenvalue weighted by Crippen LogP contribution is 2.15. The van der Waals surface area contributed by atoms with Crippen molar-refractivity contribution in [3.63, 3.8) is 0 Å². The maximum absolute atomic E-state index is 5.55. The first kappa shape index (κ1) is 10.9. The highest BCUT2D eigenvalue weighted by atomic mass is 16.5. The molecular formula is C9H21NO. The summed E-state index contributed by atoms with van der Waals surface area (Å²) in [5, 5.41) is 3.30. The van der Waals surface area contributed by atoms with Crippen LogP contribution < -0.4 is 5.32 Å². The van der Waals surface area contributed by atoms with Gasteiger partial charge in [0.1, 0.15) is 0 Å². The van der Waals surface area contributed by atoms with Crippen LogP contribution in [0, 0.1) is 0 Å². The summed E-state index contributed by atoms with van der Waals surface area (Å²) in [6.07, 6.45) is 1.10. The van der Waals surface area contributed by atoms with Crippen molar-refractivity contribution >= 4 is 0 Å². The van der Waals surface area contributed by atoms with Gasteiger partial charge >= 0.3 is 0 Å². The van der Waals surface area contributed by atoms with Crippen LogP contribution in [0.3, 0.4) is 0 Å². The zero-order valence-corrected chi connectivity index (χ0v) is 8.24. The lowest BCUT2D eigenvalue weighted by Gasteiger charge is -2.33. The van der Waals surface area contributed by atoms with E-state index < -0.39 is 0 Å². The first-order valence-corrected chi connectivity index (χ1v) is 4.61. The molecule has 0 spiro atoms. The standard InChI is InChI=1S/C7H15NO.C2H6/c1-3-7(2)6-8-4-5-9-7;1-2/h8H,3-6H2,1-2H3;1-2H3. The van der Waals surface area contributed by atoms with Crippen molar-refractivity contribution in [2.45, 2.75) is 39.7 Å². The van der Waals surface area contributed by atoms with Gasteiger partial charge in [0, 0.05) is 13.1 Å². The van der Waals surface area contributed by atoms with Gasteiger partial charge in [-0.2, -0.15) is 0 Å². The lowest BCUT2D eigenvalue weighted by Crippen LogP contribution is -2.47. The smallest absolute Gasteiger partial charge is 0.0776 e. The van der Waals surface area contributed by atoms with Crippen molar-refractivity contribution in [1.82, 2.24) is 5.32 Å². The first-order valence-electron chi connectivity index (χ1n) is 4.61. The quantitative estimate of drug-likeness (QED) is 0.630. The van der Waals surface area contributed by atoms with Crippen molar-refractivity contribution in [2.24, 2.45) is 0 Å². The van der Waals surface area contributed by atoms with Crippen LogP contribution in [-0.2, 0) is 4.74 Å². The minimum atomic E-state index is 0.109. The van der Waals surface area contributed by atoms with Crippen molar-refractivity contribution in [3.8, 4) is 0 Å². The average Bonchev–Trinajstić information content (AvgIpc) is 2.10. The Morgan fingerprint density at radius 3 is 2.36 bits per heavy atom. The Hall–Kier alpha value is -0.0800. The van der Waals surface area contributed by atoms with E-state index in [0.717, 1.165) is 26.1 Å². The summed E-state index contributed by atoms with van der Waals surface area (Å²) in [5.74, 6) is 0. The molecule has 1 saturated heterocycles. The molecule has 2 heteroatoms. The average molecular weight is 159 g/mol. The lowest BCUT2D eigenvalue weighted by molar-refractivity contribution is -0.0544. The van der Waals surface area contributed by atoms with E-state index in [-0.39, 0.29) is 5.60 Å². The number of ether oxygens (including phenoxy) is 1. The van der Waals surface area contributed by atoms with Gasteiger partial charge in [-0.3, -0.25) is 0 Å². The summed E-state index contributed by atoms with van der Waals surface area (Å²) in [5.41, 5.74) is 0.109. The zero-order valence-electron chi connectivity index (χ0n) is 8.24. The van der Waals surface area contributed by atoms with Crippen LogP contribution in [0.15, 0.2) is 0 Å². The molecule has 0 aromatic rings. The Morgan fingerprint density at radius 2 is 2.09 bits per heavy atom. The van der Waals surface area contributed by atoms with Crippen molar-refractivity contribution in [3.05, 3.63) is 0 Å². The second-order valence-corrected chi connectivity index (χ2v) is 2.83. The summed E-state index contributed by atoms with van der Waals surface area (Å²) in [4.78, 5) is 0. The third-order valence-corrected chi connectivity index (χ3v) is 1.98. The molecule has 1 aliphatic heterocycles. The Bertz CT molecular complexity index is 87.6. The monoisotopic (exact) mass is 159 g/mol. The topological polar surface area (TPSA) is 21.3 Å². The molecule has 0 saturated carbocycles. The summed E-state index contributed by atoms with van der Waals surface area (Å²) >= 11 is 0. The highest BCUT2D eigenvalue weighted by Gasteiger charge is 2.24. The molecular weight excluding hydrogens is 138 g/mol. The van der Waals surface area contributed by atoms with Crippen LogP contribution >= 0.6 is 0 Å². The first-order chi connectivity index (χ1) is 5.27. The molecule has 2 nitrogen and oxygen atoms in total. The van der Waals surface area contributed by atoms with Gasteiger partial charge in [0.05, 0.1) is 12.2 Å². The highest BCUT2D eigenvalue weighted by molar-refractivity contribution is 4.79. The fourth-order valence-corrected chi connectivity index (χ4v) is 1.00. The van der Waals surface area contributed by atoms with Gasteiger partial charge in [-0.15, -0.1) is 0 Å². The molecule has 11 heavy (non-hydrogen) atoms. The van der Waals surface area contributed by atoms with Crippen LogP contribution in [0.25, 0.3) is 0 Å². The van der Waals surface area contributed by atoms with E-state index in [2.05, 4.69) is 19.2 Å². The van der Waals surface area contributed by atoms with E-state index in [1.165, 1.54) is 0 Å². The molecule has 0 bridgehead atoms. The van der Waals surface area contributed by atoms with Gasteiger partial charge in [0.2, 0.25) is 0 Å². The number of morpholine rings is 1. The zero-order chi connectivity index (χ0) is 8.74. The number of rotatable bonds is 1. The van der Waals surface area contributed by atoms with Crippen molar-refractivity contribution < 1.29 is 4.74 Å². The molecule has 0 radical (unpaired) electrons. The predicted octanol–water partition coefficient (Wildman–Crippen LogP) is 1.80. The molecule has 1 atom stereocenters. The summed E-state index contributed by atoms with van der Waals surface area (Å²) < 4.78 is 5.55. The van der Waals surface area contributed by atoms with E-state index in [9.17, 15) is 0 Å². The van der Waals surface area contributed by atoms with E-state index in [0.29, 0.717) is 0 Å². The van der Waals surface area contributed by atoms with E-state index >= 15 is 0 Å². The van der Waals surface area contributed by atoms with Crippen LogP contribution in [-0.4, -0.2) is 25.3 Å². The van der Waals surface area contributed by atoms with Crippen molar-refractivity contribution in [2.75, 3.05) is 19.7 Å². The number of nitrogens with one attached hydrogen (secondary N) is 1. The van der Waals surface area contributed by atoms with Crippen LogP contribution in [0.2, 0.25) is 0 Å². The molecule has 68 valence electrons. The van der Waals surface area contributed by atoms with Gasteiger partial charge in [-0.1, -0.05) is 20.8 Å². The van der Waals surface area contributed by atoms with E-state index in [4.69, 9.17) is 4.74 Å². The third kappa shape index (κ3) is 3.73. The van der Waals surface area contributed by atoms with Crippen LogP contribution in [0.1, 0.15) is 34.1 Å². The Labute approximate surface area is 70.3 Å². The second-order valence-electron chi connectivity index (χ2n) is 2.83. The maximum atomic E-state index is 5.55. The van der Waals surface area contributed by atoms with Gasteiger partial charge < -0.3 is 10.1 Å². The minimum Gasteiger partial charge on any atom is -0.373 e. The van der Waals surface area contributed by atoms with Gasteiger partial charge in [-0.25, -0.2) is 0 Å². The van der Waals surface area contributed by atoms with Crippen molar-refractivity contribution in [1.29, 1.82) is 0 Å². The minimum absolute atomic E-state index is 0.109. The van der Waals surface area contributed by atoms with E-state index in [1.807, 2.05) is 13.8 Å². The van der Waals surface area contributed by atoms with Crippen LogP contribution in [0.4, 0.5) is 0 Å².